The van der Waals surface area contributed by atoms with Gasteiger partial charge in [-0.25, -0.2) is 0 Å². The Bertz CT molecular complexity index is 357. The van der Waals surface area contributed by atoms with E-state index >= 15 is 0 Å². The fourth-order valence-corrected chi connectivity index (χ4v) is 16.6. The summed E-state index contributed by atoms with van der Waals surface area (Å²) >= 11 is 0. The topological polar surface area (TPSA) is 36.9 Å². The Morgan fingerprint density at radius 2 is 1.10 bits per heavy atom. The number of rotatable bonds is 9. The molecule has 4 nitrogen and oxygen atoms in total. The van der Waals surface area contributed by atoms with Crippen LogP contribution in [0.4, 0.5) is 0 Å². The highest BCUT2D eigenvalue weighted by Gasteiger charge is 2.46. The largest absolute Gasteiger partial charge is 0.478 e. The molecule has 0 aliphatic carbocycles. The minimum Gasteiger partial charge on any atom is -0.433 e. The second kappa shape index (κ2) is 6.96. The Balaban J connectivity index is 5.01. The van der Waals surface area contributed by atoms with E-state index in [9.17, 15) is 0 Å². The standard InChI is InChI=1S/C12H30O4Si4/c1-11-17(4,5)14-19(8,9)16-20(10,13-3)15-18(6,7)12-2/h11-12H,1-2H2,3-10H3. The van der Waals surface area contributed by atoms with E-state index in [2.05, 4.69) is 39.3 Å². The highest BCUT2D eigenvalue weighted by Crippen LogP contribution is 2.24. The van der Waals surface area contributed by atoms with Crippen LogP contribution < -0.4 is 0 Å². The quantitative estimate of drug-likeness (QED) is 0.592. The summed E-state index contributed by atoms with van der Waals surface area (Å²) in [6, 6.07) is 0. The maximum Gasteiger partial charge on any atom is 0.478 e. The van der Waals surface area contributed by atoms with Crippen LogP contribution in [0.1, 0.15) is 0 Å². The van der Waals surface area contributed by atoms with Gasteiger partial charge in [0.15, 0.2) is 8.32 Å². The smallest absolute Gasteiger partial charge is 0.433 e. The van der Waals surface area contributed by atoms with Crippen LogP contribution >= 0.6 is 0 Å². The lowest BCUT2D eigenvalue weighted by atomic mass is 11.3. The van der Waals surface area contributed by atoms with Crippen LogP contribution in [0.5, 0.6) is 0 Å². The maximum absolute atomic E-state index is 6.24. The SMILES string of the molecule is C=C[Si](C)(C)O[Si](C)(C)O[Si](C)(OC)O[Si](C)(C)C=C. The fraction of sp³-hybridized carbons (Fsp3) is 0.667. The van der Waals surface area contributed by atoms with Gasteiger partial charge in [0.2, 0.25) is 8.32 Å². The molecule has 1 unspecified atom stereocenters. The fourth-order valence-electron chi connectivity index (χ4n) is 1.77. The van der Waals surface area contributed by atoms with E-state index in [0.29, 0.717) is 0 Å². The molecule has 0 rings (SSSR count). The molecule has 0 aromatic heterocycles. The lowest BCUT2D eigenvalue weighted by Gasteiger charge is -2.39. The van der Waals surface area contributed by atoms with Gasteiger partial charge < -0.3 is 16.8 Å². The van der Waals surface area contributed by atoms with E-state index in [4.69, 9.17) is 16.8 Å². The van der Waals surface area contributed by atoms with E-state index in [1.165, 1.54) is 0 Å². The van der Waals surface area contributed by atoms with Gasteiger partial charge in [0.1, 0.15) is 0 Å². The predicted octanol–water partition coefficient (Wildman–Crippen LogP) is 3.81. The first kappa shape index (κ1) is 20.2. The van der Waals surface area contributed by atoms with Crippen molar-refractivity contribution < 1.29 is 16.8 Å². The first-order valence-electron chi connectivity index (χ1n) is 6.73. The zero-order valence-electron chi connectivity index (χ0n) is 14.2. The summed E-state index contributed by atoms with van der Waals surface area (Å²) < 4.78 is 24.2. The molecule has 0 radical (unpaired) electrons. The Hall–Kier alpha value is 0.188. The zero-order valence-corrected chi connectivity index (χ0v) is 18.2. The molecule has 0 fully saturated rings. The summed E-state index contributed by atoms with van der Waals surface area (Å²) in [5.41, 5.74) is 3.80. The van der Waals surface area contributed by atoms with Crippen LogP contribution in [0.2, 0.25) is 45.8 Å². The monoisotopic (exact) mass is 350 g/mol. The van der Waals surface area contributed by atoms with Gasteiger partial charge in [0.05, 0.1) is 0 Å². The van der Waals surface area contributed by atoms with Crippen molar-refractivity contribution in [2.45, 2.75) is 45.8 Å². The van der Waals surface area contributed by atoms with Crippen molar-refractivity contribution in [2.24, 2.45) is 0 Å². The third kappa shape index (κ3) is 7.27. The molecule has 0 aromatic carbocycles. The molecule has 0 amide bonds. The Morgan fingerprint density at radius 1 is 0.700 bits per heavy atom. The minimum atomic E-state index is -2.71. The maximum atomic E-state index is 6.24. The molecule has 118 valence electrons. The summed E-state index contributed by atoms with van der Waals surface area (Å²) in [4.78, 5) is 0. The van der Waals surface area contributed by atoms with Crippen molar-refractivity contribution in [3.05, 3.63) is 24.6 Å². The Labute approximate surface area is 128 Å². The van der Waals surface area contributed by atoms with Crippen LogP contribution in [0.25, 0.3) is 0 Å². The van der Waals surface area contributed by atoms with Gasteiger partial charge in [-0.15, -0.1) is 13.2 Å². The molecule has 0 saturated heterocycles. The van der Waals surface area contributed by atoms with Crippen molar-refractivity contribution in [2.75, 3.05) is 7.11 Å². The molecule has 0 N–H and O–H groups in total. The van der Waals surface area contributed by atoms with Crippen molar-refractivity contribution >= 4 is 34.0 Å². The van der Waals surface area contributed by atoms with Crippen molar-refractivity contribution in [1.29, 1.82) is 0 Å². The van der Waals surface area contributed by atoms with Crippen molar-refractivity contribution in [3.8, 4) is 0 Å². The molecular formula is C12H30O4Si4. The summed E-state index contributed by atoms with van der Waals surface area (Å²) in [5.74, 6) is 0. The normalized spacial score (nSPS) is 16.6. The van der Waals surface area contributed by atoms with Gasteiger partial charge in [-0.05, 0) is 39.3 Å². The average Bonchev–Trinajstić information content (AvgIpc) is 2.26. The lowest BCUT2D eigenvalue weighted by molar-refractivity contribution is 0.192. The number of hydrogen-bond acceptors (Lipinski definition) is 4. The summed E-state index contributed by atoms with van der Waals surface area (Å²) in [6.07, 6.45) is 0. The lowest BCUT2D eigenvalue weighted by Crippen LogP contribution is -2.58. The van der Waals surface area contributed by atoms with Gasteiger partial charge in [-0.2, -0.15) is 0 Å². The summed E-state index contributed by atoms with van der Waals surface area (Å²) in [7, 11) is -7.27. The third-order valence-corrected chi connectivity index (χ3v) is 16.6. The van der Waals surface area contributed by atoms with Gasteiger partial charge in [0, 0.05) is 13.7 Å². The van der Waals surface area contributed by atoms with Crippen LogP contribution in [0.15, 0.2) is 24.6 Å². The molecule has 0 aliphatic rings. The van der Waals surface area contributed by atoms with Crippen LogP contribution in [0.3, 0.4) is 0 Å². The molecule has 0 saturated carbocycles. The van der Waals surface area contributed by atoms with E-state index in [0.717, 1.165) is 0 Å². The highest BCUT2D eigenvalue weighted by atomic mass is 28.5. The molecule has 0 spiro atoms. The van der Waals surface area contributed by atoms with Crippen molar-refractivity contribution in [1.82, 2.24) is 0 Å². The van der Waals surface area contributed by atoms with Gasteiger partial charge in [-0.1, -0.05) is 11.4 Å². The highest BCUT2D eigenvalue weighted by molar-refractivity contribution is 6.90. The average molecular weight is 351 g/mol. The van der Waals surface area contributed by atoms with Crippen LogP contribution in [0, 0.1) is 0 Å². The van der Waals surface area contributed by atoms with Crippen LogP contribution in [-0.2, 0) is 16.8 Å². The molecule has 1 atom stereocenters. The van der Waals surface area contributed by atoms with Gasteiger partial charge in [0.25, 0.3) is 0 Å². The molecule has 0 aromatic rings. The van der Waals surface area contributed by atoms with E-state index in [1.807, 2.05) is 31.0 Å². The van der Waals surface area contributed by atoms with Crippen molar-refractivity contribution in [3.63, 3.8) is 0 Å². The molecular weight excluding hydrogens is 320 g/mol. The molecule has 0 aliphatic heterocycles. The second-order valence-corrected chi connectivity index (χ2v) is 21.0. The molecule has 0 bridgehead atoms. The number of hydrogen-bond donors (Lipinski definition) is 0. The van der Waals surface area contributed by atoms with E-state index < -0.39 is 34.0 Å². The summed E-state index contributed by atoms with van der Waals surface area (Å²) in [5, 5.41) is 0. The van der Waals surface area contributed by atoms with Gasteiger partial charge >= 0.3 is 17.4 Å². The molecule has 0 heterocycles. The second-order valence-electron chi connectivity index (χ2n) is 6.39. The predicted molar refractivity (Wildman–Crippen MR) is 94.7 cm³/mol. The first-order valence-corrected chi connectivity index (χ1v) is 17.7. The summed E-state index contributed by atoms with van der Waals surface area (Å²) in [6.45, 7) is 22.0. The molecule has 8 heteroatoms. The van der Waals surface area contributed by atoms with Gasteiger partial charge in [-0.3, -0.25) is 0 Å². The third-order valence-electron chi connectivity index (χ3n) is 2.74. The zero-order chi connectivity index (χ0) is 16.2. The first-order chi connectivity index (χ1) is 8.80. The molecule has 20 heavy (non-hydrogen) atoms. The van der Waals surface area contributed by atoms with Crippen LogP contribution in [-0.4, -0.2) is 41.1 Å². The van der Waals surface area contributed by atoms with E-state index in [-0.39, 0.29) is 0 Å². The minimum absolute atomic E-state index is 1.64. The van der Waals surface area contributed by atoms with E-state index in [1.54, 1.807) is 7.11 Å². The Kier molecular flexibility index (Phi) is 7.03. The Morgan fingerprint density at radius 3 is 1.45 bits per heavy atom.